The number of aryl methyl sites for hydroxylation is 1. The van der Waals surface area contributed by atoms with Crippen LogP contribution in [-0.2, 0) is 7.05 Å². The van der Waals surface area contributed by atoms with Crippen molar-refractivity contribution in [1.82, 2.24) is 19.4 Å². The van der Waals surface area contributed by atoms with Crippen LogP contribution in [0.4, 0.5) is 0 Å². The van der Waals surface area contributed by atoms with Crippen LogP contribution in [0.2, 0.25) is 0 Å². The molecule has 1 aliphatic heterocycles. The van der Waals surface area contributed by atoms with Crippen LogP contribution in [-0.4, -0.2) is 58.4 Å². The predicted octanol–water partition coefficient (Wildman–Crippen LogP) is 1.88. The van der Waals surface area contributed by atoms with Crippen LogP contribution in [0.15, 0.2) is 30.5 Å². The van der Waals surface area contributed by atoms with Gasteiger partial charge in [-0.05, 0) is 32.3 Å². The number of aromatic nitrogens is 2. The molecule has 0 fully saturated rings. The minimum atomic E-state index is -0.214. The van der Waals surface area contributed by atoms with E-state index in [9.17, 15) is 9.59 Å². The highest BCUT2D eigenvalue weighted by Gasteiger charge is 2.38. The van der Waals surface area contributed by atoms with Crippen LogP contribution in [0.3, 0.4) is 0 Å². The zero-order valence-electron chi connectivity index (χ0n) is 13.9. The van der Waals surface area contributed by atoms with E-state index in [1.54, 1.807) is 12.3 Å². The zero-order chi connectivity index (χ0) is 17.0. The van der Waals surface area contributed by atoms with Crippen molar-refractivity contribution < 1.29 is 9.59 Å². The van der Waals surface area contributed by atoms with Gasteiger partial charge >= 0.3 is 0 Å². The van der Waals surface area contributed by atoms with Gasteiger partial charge in [0.15, 0.2) is 0 Å². The smallest absolute Gasteiger partial charge is 0.263 e. The number of rotatable bonds is 3. The quantitative estimate of drug-likeness (QED) is 0.691. The minimum Gasteiger partial charge on any atom is -0.328 e. The maximum atomic E-state index is 12.9. The normalized spacial score (nSPS) is 14.4. The first kappa shape index (κ1) is 14.8. The molecule has 6 heteroatoms. The summed E-state index contributed by atoms with van der Waals surface area (Å²) >= 11 is 0. The second-order valence-electron chi connectivity index (χ2n) is 6.38. The molecule has 1 aliphatic rings. The molecule has 1 aromatic carbocycles. The maximum Gasteiger partial charge on any atom is 0.263 e. The fourth-order valence-electron chi connectivity index (χ4n) is 3.41. The average Bonchev–Trinajstić information content (AvgIpc) is 2.99. The highest BCUT2D eigenvalue weighted by molar-refractivity contribution is 6.28. The average molecular weight is 322 g/mol. The van der Waals surface area contributed by atoms with Crippen molar-refractivity contribution in [2.24, 2.45) is 7.05 Å². The van der Waals surface area contributed by atoms with Gasteiger partial charge in [-0.1, -0.05) is 6.07 Å². The Labute approximate surface area is 139 Å². The third-order valence-corrected chi connectivity index (χ3v) is 4.61. The molecule has 3 aromatic rings. The molecule has 0 saturated carbocycles. The maximum absolute atomic E-state index is 12.9. The van der Waals surface area contributed by atoms with Crippen LogP contribution in [0, 0.1) is 0 Å². The lowest BCUT2D eigenvalue weighted by atomic mass is 10.0. The molecule has 6 nitrogen and oxygen atoms in total. The van der Waals surface area contributed by atoms with E-state index in [0.29, 0.717) is 24.2 Å². The van der Waals surface area contributed by atoms with Crippen molar-refractivity contribution in [2.45, 2.75) is 0 Å². The summed E-state index contributed by atoms with van der Waals surface area (Å²) in [5.74, 6) is -0.426. The van der Waals surface area contributed by atoms with E-state index in [-0.39, 0.29) is 11.8 Å². The fraction of sp³-hybridized carbons (Fsp3) is 0.278. The summed E-state index contributed by atoms with van der Waals surface area (Å²) < 4.78 is 1.91. The van der Waals surface area contributed by atoms with Gasteiger partial charge in [0.25, 0.3) is 11.8 Å². The highest BCUT2D eigenvalue weighted by Crippen LogP contribution is 2.35. The summed E-state index contributed by atoms with van der Waals surface area (Å²) in [5.41, 5.74) is 2.58. The molecule has 0 unspecified atom stereocenters. The Hall–Kier alpha value is -2.73. The van der Waals surface area contributed by atoms with Gasteiger partial charge < -0.3 is 9.47 Å². The molecule has 0 bridgehead atoms. The Morgan fingerprint density at radius 3 is 2.62 bits per heavy atom. The second-order valence-corrected chi connectivity index (χ2v) is 6.38. The summed E-state index contributed by atoms with van der Waals surface area (Å²) in [4.78, 5) is 33.3. The highest BCUT2D eigenvalue weighted by atomic mass is 16.2. The van der Waals surface area contributed by atoms with E-state index < -0.39 is 0 Å². The zero-order valence-corrected chi connectivity index (χ0v) is 13.9. The topological polar surface area (TPSA) is 58.4 Å². The number of fused-ring (bicyclic) bond motifs is 5. The Balaban J connectivity index is 1.94. The Kier molecular flexibility index (Phi) is 3.18. The lowest BCUT2D eigenvalue weighted by molar-refractivity contribution is 0.0645. The Morgan fingerprint density at radius 2 is 1.88 bits per heavy atom. The number of likely N-dealkylation sites (N-methyl/N-ethyl adjacent to an activating group) is 1. The van der Waals surface area contributed by atoms with Gasteiger partial charge in [0.2, 0.25) is 0 Å². The van der Waals surface area contributed by atoms with Crippen LogP contribution in [0.25, 0.3) is 21.9 Å². The third-order valence-electron chi connectivity index (χ3n) is 4.61. The van der Waals surface area contributed by atoms with E-state index >= 15 is 0 Å². The first-order valence-electron chi connectivity index (χ1n) is 7.87. The van der Waals surface area contributed by atoms with Crippen molar-refractivity contribution in [3.63, 3.8) is 0 Å². The largest absolute Gasteiger partial charge is 0.328 e. The van der Waals surface area contributed by atoms with E-state index in [1.165, 1.54) is 4.90 Å². The SMILES string of the molecule is CN(C)CCN1C(=O)c2ccc3c4cccnc4n(C)c3c2C1=O. The summed E-state index contributed by atoms with van der Waals surface area (Å²) in [7, 11) is 5.73. The number of benzene rings is 1. The Morgan fingerprint density at radius 1 is 1.08 bits per heavy atom. The van der Waals surface area contributed by atoms with Gasteiger partial charge in [-0.3, -0.25) is 14.5 Å². The number of carbonyl (C=O) groups is 2. The van der Waals surface area contributed by atoms with Crippen molar-refractivity contribution in [2.75, 3.05) is 27.2 Å². The molecule has 2 aromatic heterocycles. The molecule has 0 atom stereocenters. The summed E-state index contributed by atoms with van der Waals surface area (Å²) in [6.07, 6.45) is 1.73. The molecule has 0 N–H and O–H groups in total. The van der Waals surface area contributed by atoms with Gasteiger partial charge in [0.05, 0.1) is 16.6 Å². The molecule has 0 spiro atoms. The van der Waals surface area contributed by atoms with Gasteiger partial charge in [-0.25, -0.2) is 4.98 Å². The van der Waals surface area contributed by atoms with Crippen LogP contribution >= 0.6 is 0 Å². The number of carbonyl (C=O) groups excluding carboxylic acids is 2. The first-order valence-corrected chi connectivity index (χ1v) is 7.87. The molecule has 2 amide bonds. The van der Waals surface area contributed by atoms with Crippen LogP contribution in [0.1, 0.15) is 20.7 Å². The lowest BCUT2D eigenvalue weighted by Gasteiger charge is -2.16. The Bertz CT molecular complexity index is 1000. The summed E-state index contributed by atoms with van der Waals surface area (Å²) in [5, 5.41) is 1.94. The number of amides is 2. The number of pyridine rings is 1. The molecule has 122 valence electrons. The van der Waals surface area contributed by atoms with Crippen molar-refractivity contribution in [1.29, 1.82) is 0 Å². The molecular formula is C18H18N4O2. The van der Waals surface area contributed by atoms with Gasteiger partial charge in [0.1, 0.15) is 5.65 Å². The van der Waals surface area contributed by atoms with Crippen molar-refractivity contribution in [3.8, 4) is 0 Å². The molecule has 0 radical (unpaired) electrons. The summed E-state index contributed by atoms with van der Waals surface area (Å²) in [6.45, 7) is 1.04. The van der Waals surface area contributed by atoms with Gasteiger partial charge in [-0.15, -0.1) is 0 Å². The van der Waals surface area contributed by atoms with Crippen LogP contribution < -0.4 is 0 Å². The first-order chi connectivity index (χ1) is 11.5. The lowest BCUT2D eigenvalue weighted by Crippen LogP contribution is -2.35. The molecule has 0 saturated heterocycles. The molecule has 3 heterocycles. The van der Waals surface area contributed by atoms with E-state index in [0.717, 1.165) is 21.9 Å². The fourth-order valence-corrected chi connectivity index (χ4v) is 3.41. The van der Waals surface area contributed by atoms with E-state index in [1.807, 2.05) is 48.8 Å². The monoisotopic (exact) mass is 322 g/mol. The minimum absolute atomic E-state index is 0.211. The van der Waals surface area contributed by atoms with Crippen molar-refractivity contribution in [3.05, 3.63) is 41.6 Å². The van der Waals surface area contributed by atoms with Crippen LogP contribution in [0.5, 0.6) is 0 Å². The molecule has 4 rings (SSSR count). The van der Waals surface area contributed by atoms with Gasteiger partial charge in [0, 0.05) is 37.1 Å². The van der Waals surface area contributed by atoms with Crippen molar-refractivity contribution >= 4 is 33.8 Å². The third kappa shape index (κ3) is 1.89. The standard InChI is InChI=1S/C18H18N4O2/c1-20(2)9-10-22-17(23)13-7-6-11-12-5-4-8-19-16(12)21(3)15(11)14(13)18(22)24/h4-8H,9-10H2,1-3H3. The van der Waals surface area contributed by atoms with E-state index in [2.05, 4.69) is 4.98 Å². The number of hydrogen-bond acceptors (Lipinski definition) is 4. The van der Waals surface area contributed by atoms with Gasteiger partial charge in [-0.2, -0.15) is 0 Å². The molecule has 24 heavy (non-hydrogen) atoms. The number of imide groups is 1. The molecular weight excluding hydrogens is 304 g/mol. The predicted molar refractivity (Wildman–Crippen MR) is 92.1 cm³/mol. The second kappa shape index (κ2) is 5.14. The number of hydrogen-bond donors (Lipinski definition) is 0. The van der Waals surface area contributed by atoms with E-state index in [4.69, 9.17) is 0 Å². The summed E-state index contributed by atoms with van der Waals surface area (Å²) in [6, 6.07) is 7.55. The molecule has 0 aliphatic carbocycles. The number of nitrogens with zero attached hydrogens (tertiary/aromatic N) is 4.